The van der Waals surface area contributed by atoms with Gasteiger partial charge in [0.1, 0.15) is 0 Å². The van der Waals surface area contributed by atoms with Crippen LogP contribution in [0.25, 0.3) is 0 Å². The smallest absolute Gasteiger partial charge is 0.0698 e. The molecule has 0 aromatic heterocycles. The van der Waals surface area contributed by atoms with Crippen molar-refractivity contribution in [2.75, 3.05) is 0 Å². The molecular formula is C24H50O. The van der Waals surface area contributed by atoms with Crippen LogP contribution >= 0.6 is 0 Å². The maximum Gasteiger partial charge on any atom is 0.0698 e. The predicted octanol–water partition coefficient (Wildman–Crippen LogP) is 8.15. The van der Waals surface area contributed by atoms with E-state index in [-0.39, 0.29) is 0 Å². The normalized spacial score (nSPS) is 17.3. The maximum absolute atomic E-state index is 11.4. The van der Waals surface area contributed by atoms with Crippen molar-refractivity contribution in [3.8, 4) is 0 Å². The highest BCUT2D eigenvalue weighted by molar-refractivity contribution is 4.90. The fourth-order valence-corrected chi connectivity index (χ4v) is 4.32. The second-order valence-electron chi connectivity index (χ2n) is 9.90. The van der Waals surface area contributed by atoms with Gasteiger partial charge >= 0.3 is 0 Å². The van der Waals surface area contributed by atoms with Crippen LogP contribution < -0.4 is 0 Å². The third kappa shape index (κ3) is 11.3. The summed E-state index contributed by atoms with van der Waals surface area (Å²) >= 11 is 0. The highest BCUT2D eigenvalue weighted by Crippen LogP contribution is 2.39. The first-order chi connectivity index (χ1) is 11.7. The Bertz CT molecular complexity index is 304. The fourth-order valence-electron chi connectivity index (χ4n) is 4.32. The Morgan fingerprint density at radius 3 is 1.52 bits per heavy atom. The van der Waals surface area contributed by atoms with Gasteiger partial charge in [-0.15, -0.1) is 0 Å². The molecule has 1 heteroatoms. The van der Waals surface area contributed by atoms with Crippen LogP contribution in [0.4, 0.5) is 0 Å². The number of unbranched alkanes of at least 4 members (excludes halogenated alkanes) is 9. The van der Waals surface area contributed by atoms with Crippen molar-refractivity contribution in [2.24, 2.45) is 17.3 Å². The van der Waals surface area contributed by atoms with E-state index < -0.39 is 5.60 Å². The zero-order valence-electron chi connectivity index (χ0n) is 18.8. The number of hydrogen-bond donors (Lipinski definition) is 1. The quantitative estimate of drug-likeness (QED) is 0.294. The third-order valence-electron chi connectivity index (χ3n) is 6.17. The average Bonchev–Trinajstić information content (AvgIpc) is 2.53. The van der Waals surface area contributed by atoms with E-state index in [0.29, 0.717) is 17.3 Å². The summed E-state index contributed by atoms with van der Waals surface area (Å²) in [5.41, 5.74) is -0.194. The van der Waals surface area contributed by atoms with Gasteiger partial charge in [-0.25, -0.2) is 0 Å². The van der Waals surface area contributed by atoms with Gasteiger partial charge in [-0.2, -0.15) is 0 Å². The molecule has 0 saturated heterocycles. The lowest BCUT2D eigenvalue weighted by Crippen LogP contribution is -2.44. The minimum absolute atomic E-state index is 0.290. The molecule has 0 spiro atoms. The van der Waals surface area contributed by atoms with E-state index in [9.17, 15) is 5.11 Å². The van der Waals surface area contributed by atoms with Crippen molar-refractivity contribution in [1.82, 2.24) is 0 Å². The molecule has 0 radical (unpaired) electrons. The molecule has 0 amide bonds. The van der Waals surface area contributed by atoms with E-state index in [4.69, 9.17) is 0 Å². The van der Waals surface area contributed by atoms with Crippen molar-refractivity contribution >= 4 is 0 Å². The van der Waals surface area contributed by atoms with Crippen molar-refractivity contribution in [3.05, 3.63) is 0 Å². The molecule has 0 saturated carbocycles. The summed E-state index contributed by atoms with van der Waals surface area (Å²) < 4.78 is 0. The first-order valence-corrected chi connectivity index (χ1v) is 11.4. The number of rotatable bonds is 15. The zero-order valence-corrected chi connectivity index (χ0v) is 18.8. The molecule has 3 atom stereocenters. The van der Waals surface area contributed by atoms with E-state index >= 15 is 0 Å². The molecule has 1 N–H and O–H groups in total. The third-order valence-corrected chi connectivity index (χ3v) is 6.17. The summed E-state index contributed by atoms with van der Waals surface area (Å²) in [5.74, 6) is 0.768. The van der Waals surface area contributed by atoms with Gasteiger partial charge in [0, 0.05) is 0 Å². The van der Waals surface area contributed by atoms with Gasteiger partial charge in [-0.05, 0) is 30.1 Å². The molecular weight excluding hydrogens is 304 g/mol. The summed E-state index contributed by atoms with van der Waals surface area (Å²) in [6.07, 6.45) is 16.8. The SMILES string of the molecule is CCCCCCCCCCCCC(O)(C(C)CC)C(C)CC(C)(C)C. The molecule has 1 nitrogen and oxygen atoms in total. The van der Waals surface area contributed by atoms with E-state index in [0.717, 1.165) is 19.3 Å². The molecule has 0 aliphatic heterocycles. The average molecular weight is 355 g/mol. The highest BCUT2D eigenvalue weighted by atomic mass is 16.3. The summed E-state index contributed by atoms with van der Waals surface area (Å²) in [5, 5.41) is 11.4. The second kappa shape index (κ2) is 13.2. The minimum atomic E-state index is -0.484. The van der Waals surface area contributed by atoms with Gasteiger partial charge in [0.05, 0.1) is 5.60 Å². The molecule has 0 aliphatic rings. The summed E-state index contributed by atoms with van der Waals surface area (Å²) in [6, 6.07) is 0. The Kier molecular flexibility index (Phi) is 13.2. The Morgan fingerprint density at radius 1 is 0.680 bits per heavy atom. The van der Waals surface area contributed by atoms with Crippen LogP contribution in [0, 0.1) is 17.3 Å². The minimum Gasteiger partial charge on any atom is -0.389 e. The van der Waals surface area contributed by atoms with Crippen LogP contribution in [0.15, 0.2) is 0 Å². The predicted molar refractivity (Wildman–Crippen MR) is 114 cm³/mol. The van der Waals surface area contributed by atoms with E-state index in [2.05, 4.69) is 48.5 Å². The molecule has 3 unspecified atom stereocenters. The standard InChI is InChI=1S/C24H50O/c1-8-10-11-12-13-14-15-16-17-18-19-24(25,21(3)9-2)22(4)20-23(5,6)7/h21-22,25H,8-20H2,1-7H3. The maximum atomic E-state index is 11.4. The van der Waals surface area contributed by atoms with Gasteiger partial charge in [0.2, 0.25) is 0 Å². The molecule has 0 rings (SSSR count). The van der Waals surface area contributed by atoms with Crippen LogP contribution in [-0.4, -0.2) is 10.7 Å². The van der Waals surface area contributed by atoms with E-state index in [1.54, 1.807) is 0 Å². The Labute approximate surface area is 160 Å². The van der Waals surface area contributed by atoms with Gasteiger partial charge in [-0.3, -0.25) is 0 Å². The summed E-state index contributed by atoms with van der Waals surface area (Å²) in [7, 11) is 0. The van der Waals surface area contributed by atoms with E-state index in [1.165, 1.54) is 64.2 Å². The largest absolute Gasteiger partial charge is 0.389 e. The molecule has 152 valence electrons. The first kappa shape index (κ1) is 25.0. The number of hydrogen-bond acceptors (Lipinski definition) is 1. The highest BCUT2D eigenvalue weighted by Gasteiger charge is 2.39. The van der Waals surface area contributed by atoms with E-state index in [1.807, 2.05) is 0 Å². The molecule has 0 aromatic carbocycles. The lowest BCUT2D eigenvalue weighted by molar-refractivity contribution is -0.0788. The lowest BCUT2D eigenvalue weighted by Gasteiger charge is -2.42. The van der Waals surface area contributed by atoms with Crippen LogP contribution in [0.3, 0.4) is 0 Å². The summed E-state index contributed by atoms with van der Waals surface area (Å²) in [4.78, 5) is 0. The number of aliphatic hydroxyl groups is 1. The van der Waals surface area contributed by atoms with Gasteiger partial charge in [-0.1, -0.05) is 119 Å². The lowest BCUT2D eigenvalue weighted by atomic mass is 9.69. The zero-order chi connectivity index (χ0) is 19.3. The van der Waals surface area contributed by atoms with Crippen LogP contribution in [0.5, 0.6) is 0 Å². The van der Waals surface area contributed by atoms with Gasteiger partial charge in [0.25, 0.3) is 0 Å². The molecule has 0 heterocycles. The Hall–Kier alpha value is -0.0400. The van der Waals surface area contributed by atoms with Crippen molar-refractivity contribution in [1.29, 1.82) is 0 Å². The molecule has 0 aromatic rings. The molecule has 0 bridgehead atoms. The molecule has 0 fully saturated rings. The Morgan fingerprint density at radius 2 is 1.12 bits per heavy atom. The van der Waals surface area contributed by atoms with Crippen molar-refractivity contribution in [2.45, 2.75) is 138 Å². The fraction of sp³-hybridized carbons (Fsp3) is 1.00. The van der Waals surface area contributed by atoms with Crippen molar-refractivity contribution < 1.29 is 5.11 Å². The molecule has 0 aliphatic carbocycles. The molecule has 25 heavy (non-hydrogen) atoms. The topological polar surface area (TPSA) is 20.2 Å². The van der Waals surface area contributed by atoms with Crippen LogP contribution in [0.2, 0.25) is 0 Å². The first-order valence-electron chi connectivity index (χ1n) is 11.4. The Balaban J connectivity index is 4.12. The second-order valence-corrected chi connectivity index (χ2v) is 9.90. The van der Waals surface area contributed by atoms with Gasteiger partial charge in [0.15, 0.2) is 0 Å². The summed E-state index contributed by atoms with van der Waals surface area (Å²) in [6.45, 7) is 15.9. The monoisotopic (exact) mass is 354 g/mol. The van der Waals surface area contributed by atoms with Gasteiger partial charge < -0.3 is 5.11 Å². The van der Waals surface area contributed by atoms with Crippen LogP contribution in [-0.2, 0) is 0 Å². The van der Waals surface area contributed by atoms with Crippen LogP contribution in [0.1, 0.15) is 132 Å². The van der Waals surface area contributed by atoms with Crippen molar-refractivity contribution in [3.63, 3.8) is 0 Å².